The number of ether oxygens (including phenoxy) is 1. The van der Waals surface area contributed by atoms with Crippen LogP contribution in [-0.2, 0) is 24.9 Å². The average molecular weight is 528 g/mol. The number of pyridine rings is 1. The zero-order valence-corrected chi connectivity index (χ0v) is 23.6. The van der Waals surface area contributed by atoms with E-state index >= 15 is 0 Å². The van der Waals surface area contributed by atoms with Crippen molar-refractivity contribution in [1.82, 2.24) is 24.9 Å². The normalized spacial score (nSPS) is 16.9. The minimum absolute atomic E-state index is 0.0599. The third-order valence-corrected chi connectivity index (χ3v) is 8.20. The van der Waals surface area contributed by atoms with Crippen LogP contribution in [0.1, 0.15) is 66.5 Å². The van der Waals surface area contributed by atoms with Gasteiger partial charge in [-0.05, 0) is 74.1 Å². The van der Waals surface area contributed by atoms with Gasteiger partial charge in [-0.2, -0.15) is 0 Å². The number of nitrogens with zero attached hydrogens (tertiary/aromatic N) is 5. The molecule has 0 spiro atoms. The van der Waals surface area contributed by atoms with Crippen molar-refractivity contribution in [2.24, 2.45) is 12.5 Å². The Hall–Kier alpha value is -3.78. The summed E-state index contributed by atoms with van der Waals surface area (Å²) in [6.45, 7) is 12.2. The molecular formula is C31H37N5O3. The van der Waals surface area contributed by atoms with E-state index in [1.54, 1.807) is 10.9 Å². The summed E-state index contributed by atoms with van der Waals surface area (Å²) in [7, 11) is 1.87. The van der Waals surface area contributed by atoms with Gasteiger partial charge in [0.25, 0.3) is 0 Å². The summed E-state index contributed by atoms with van der Waals surface area (Å²) >= 11 is 0. The molecule has 0 bridgehead atoms. The van der Waals surface area contributed by atoms with E-state index in [2.05, 4.69) is 58.3 Å². The molecule has 1 aliphatic heterocycles. The first-order valence-electron chi connectivity index (χ1n) is 13.5. The molecule has 8 nitrogen and oxygen atoms in total. The first-order chi connectivity index (χ1) is 18.6. The summed E-state index contributed by atoms with van der Waals surface area (Å²) in [5.41, 5.74) is 7.01. The van der Waals surface area contributed by atoms with Crippen LogP contribution < -0.4 is 4.74 Å². The second-order valence-corrected chi connectivity index (χ2v) is 11.3. The topological polar surface area (TPSA) is 93.4 Å². The molecule has 0 radical (unpaired) electrons. The third kappa shape index (κ3) is 5.01. The lowest BCUT2D eigenvalue weighted by Crippen LogP contribution is -2.33. The van der Waals surface area contributed by atoms with Crippen LogP contribution in [0.3, 0.4) is 0 Å². The van der Waals surface area contributed by atoms with Crippen molar-refractivity contribution in [1.29, 1.82) is 0 Å². The number of carboxylic acid groups (broad SMARTS) is 1. The molecule has 2 atom stereocenters. The van der Waals surface area contributed by atoms with Gasteiger partial charge in [0.2, 0.25) is 5.88 Å². The monoisotopic (exact) mass is 527 g/mol. The van der Waals surface area contributed by atoms with E-state index in [9.17, 15) is 9.90 Å². The molecule has 0 aliphatic carbocycles. The molecule has 0 saturated carbocycles. The van der Waals surface area contributed by atoms with E-state index in [1.165, 1.54) is 11.1 Å². The minimum Gasteiger partial charge on any atom is -0.481 e. The van der Waals surface area contributed by atoms with Gasteiger partial charge in [-0.15, -0.1) is 5.10 Å². The molecule has 1 N–H and O–H groups in total. The van der Waals surface area contributed by atoms with Crippen LogP contribution in [0.2, 0.25) is 0 Å². The average Bonchev–Trinajstić information content (AvgIpc) is 3.18. The number of rotatable bonds is 7. The molecule has 2 aromatic heterocycles. The summed E-state index contributed by atoms with van der Waals surface area (Å²) in [5.74, 6) is -0.496. The third-order valence-electron chi connectivity index (χ3n) is 8.20. The molecule has 3 heterocycles. The molecule has 204 valence electrons. The Labute approximate surface area is 229 Å². The van der Waals surface area contributed by atoms with Crippen molar-refractivity contribution in [3.63, 3.8) is 0 Å². The van der Waals surface area contributed by atoms with Gasteiger partial charge in [0, 0.05) is 44.4 Å². The Morgan fingerprint density at radius 3 is 2.74 bits per heavy atom. The molecule has 39 heavy (non-hydrogen) atoms. The van der Waals surface area contributed by atoms with Gasteiger partial charge in [0.15, 0.2) is 0 Å². The lowest BCUT2D eigenvalue weighted by atomic mass is 9.69. The number of fused-ring (bicyclic) bond motifs is 2. The molecule has 2 aromatic carbocycles. The first kappa shape index (κ1) is 26.8. The second kappa shape index (κ2) is 10.4. The van der Waals surface area contributed by atoms with Gasteiger partial charge in [0.05, 0.1) is 10.9 Å². The predicted molar refractivity (Wildman–Crippen MR) is 151 cm³/mol. The number of carbonyl (C=O) groups is 1. The Morgan fingerprint density at radius 1 is 1.21 bits per heavy atom. The Morgan fingerprint density at radius 2 is 2.00 bits per heavy atom. The highest BCUT2D eigenvalue weighted by atomic mass is 16.5. The summed E-state index contributed by atoms with van der Waals surface area (Å²) in [6.07, 6.45) is 2.73. The van der Waals surface area contributed by atoms with Crippen molar-refractivity contribution < 1.29 is 14.6 Å². The molecule has 0 fully saturated rings. The number of aromatic nitrogens is 4. The van der Waals surface area contributed by atoms with Crippen molar-refractivity contribution in [3.8, 4) is 5.88 Å². The van der Waals surface area contributed by atoms with Crippen LogP contribution in [0.5, 0.6) is 5.88 Å². The number of carboxylic acids is 1. The van der Waals surface area contributed by atoms with Crippen LogP contribution in [0.25, 0.3) is 11.0 Å². The predicted octanol–water partition coefficient (Wildman–Crippen LogP) is 5.40. The van der Waals surface area contributed by atoms with E-state index < -0.39 is 11.4 Å². The zero-order valence-electron chi connectivity index (χ0n) is 23.6. The second-order valence-electron chi connectivity index (χ2n) is 11.3. The van der Waals surface area contributed by atoms with Crippen LogP contribution in [0.15, 0.2) is 48.7 Å². The molecule has 1 unspecified atom stereocenters. The van der Waals surface area contributed by atoms with Crippen molar-refractivity contribution in [2.45, 2.75) is 66.2 Å². The SMILES string of the molecule is CC[C@@H]1CN(Cc2cc(C(c3ccc4c(nnn4C)c3C)C(C)(C)C(=O)O)ccc2C)Cc2cccnc2O1. The maximum atomic E-state index is 12.6. The van der Waals surface area contributed by atoms with Crippen molar-refractivity contribution in [2.75, 3.05) is 6.54 Å². The lowest BCUT2D eigenvalue weighted by molar-refractivity contribution is -0.147. The van der Waals surface area contributed by atoms with Gasteiger partial charge in [-0.3, -0.25) is 9.69 Å². The number of benzene rings is 2. The number of aryl methyl sites for hydroxylation is 3. The van der Waals surface area contributed by atoms with Crippen LogP contribution in [0.4, 0.5) is 0 Å². The van der Waals surface area contributed by atoms with Gasteiger partial charge in [-0.1, -0.05) is 42.5 Å². The van der Waals surface area contributed by atoms with E-state index in [-0.39, 0.29) is 12.0 Å². The van der Waals surface area contributed by atoms with Gasteiger partial charge in [0.1, 0.15) is 11.6 Å². The molecule has 1 aliphatic rings. The fourth-order valence-electron chi connectivity index (χ4n) is 5.72. The van der Waals surface area contributed by atoms with Crippen LogP contribution in [0, 0.1) is 19.3 Å². The summed E-state index contributed by atoms with van der Waals surface area (Å²) in [4.78, 5) is 19.5. The molecule has 8 heteroatoms. The van der Waals surface area contributed by atoms with Gasteiger partial charge < -0.3 is 9.84 Å². The number of aliphatic carboxylic acids is 1. The van der Waals surface area contributed by atoms with E-state index in [0.29, 0.717) is 0 Å². The van der Waals surface area contributed by atoms with Crippen LogP contribution >= 0.6 is 0 Å². The lowest BCUT2D eigenvalue weighted by Gasteiger charge is -2.33. The van der Waals surface area contributed by atoms with E-state index in [0.717, 1.165) is 65.2 Å². The largest absolute Gasteiger partial charge is 0.481 e. The quantitative estimate of drug-likeness (QED) is 0.344. The minimum atomic E-state index is -1.05. The Kier molecular flexibility index (Phi) is 7.16. The summed E-state index contributed by atoms with van der Waals surface area (Å²) in [5, 5.41) is 18.9. The summed E-state index contributed by atoms with van der Waals surface area (Å²) in [6, 6.07) is 14.5. The fraction of sp³-hybridized carbons (Fsp3) is 0.419. The van der Waals surface area contributed by atoms with Crippen molar-refractivity contribution in [3.05, 3.63) is 82.0 Å². The Bertz CT molecular complexity index is 1530. The van der Waals surface area contributed by atoms with Crippen LogP contribution in [-0.4, -0.2) is 48.6 Å². The molecule has 0 saturated heterocycles. The molecule has 4 aromatic rings. The highest BCUT2D eigenvalue weighted by Gasteiger charge is 2.40. The van der Waals surface area contributed by atoms with Crippen molar-refractivity contribution >= 4 is 17.0 Å². The fourth-order valence-corrected chi connectivity index (χ4v) is 5.72. The standard InChI is InChI=1S/C31H37N5O3/c1-7-24-18-36(16-22-9-8-14-32-29(22)39-24)17-23-15-21(11-10-19(23)2)27(31(4,5)30(37)38)25-12-13-26-28(20(25)3)33-34-35(26)6/h8-15,24,27H,7,16-18H2,1-6H3,(H,37,38)/t24-,27?/m1/s1. The van der Waals surface area contributed by atoms with Gasteiger partial charge in [-0.25, -0.2) is 9.67 Å². The maximum Gasteiger partial charge on any atom is 0.310 e. The summed E-state index contributed by atoms with van der Waals surface area (Å²) < 4.78 is 7.96. The number of hydrogen-bond donors (Lipinski definition) is 1. The maximum absolute atomic E-state index is 12.6. The smallest absolute Gasteiger partial charge is 0.310 e. The van der Waals surface area contributed by atoms with E-state index in [4.69, 9.17) is 4.74 Å². The van der Waals surface area contributed by atoms with E-state index in [1.807, 2.05) is 46.0 Å². The molecule has 0 amide bonds. The number of hydrogen-bond acceptors (Lipinski definition) is 6. The van der Waals surface area contributed by atoms with Gasteiger partial charge >= 0.3 is 5.97 Å². The zero-order chi connectivity index (χ0) is 27.9. The Balaban J connectivity index is 1.56. The highest BCUT2D eigenvalue weighted by Crippen LogP contribution is 2.44. The highest BCUT2D eigenvalue weighted by molar-refractivity contribution is 5.81. The molecular weight excluding hydrogens is 490 g/mol. The molecule has 5 rings (SSSR count). The first-order valence-corrected chi connectivity index (χ1v) is 13.5.